The summed E-state index contributed by atoms with van der Waals surface area (Å²) < 4.78 is 31.4. The topological polar surface area (TPSA) is 45.7 Å². The molecule has 0 aliphatic carbocycles. The van der Waals surface area contributed by atoms with Crippen molar-refractivity contribution in [2.75, 3.05) is 20.2 Å². The van der Waals surface area contributed by atoms with Gasteiger partial charge in [-0.2, -0.15) is 0 Å². The third kappa shape index (κ3) is 6.69. The van der Waals surface area contributed by atoms with Crippen LogP contribution in [0.1, 0.15) is 5.56 Å². The molecule has 2 aromatic rings. The molecule has 24 heavy (non-hydrogen) atoms. The van der Waals surface area contributed by atoms with Gasteiger partial charge < -0.3 is 15.4 Å². The van der Waals surface area contributed by atoms with E-state index in [1.807, 2.05) is 30.3 Å². The smallest absolute Gasteiger partial charge is 0.191 e. The summed E-state index contributed by atoms with van der Waals surface area (Å²) in [5.41, 5.74) is 1.14. The number of benzene rings is 2. The molecule has 0 radical (unpaired) electrons. The summed E-state index contributed by atoms with van der Waals surface area (Å²) in [5.74, 6) is -0.687. The number of nitrogens with one attached hydrogen (secondary N) is 2. The van der Waals surface area contributed by atoms with E-state index in [2.05, 4.69) is 15.6 Å². The molecule has 0 saturated carbocycles. The molecule has 2 aromatic carbocycles. The number of hydrogen-bond acceptors (Lipinski definition) is 2. The van der Waals surface area contributed by atoms with E-state index in [0.717, 1.165) is 17.7 Å². The van der Waals surface area contributed by atoms with Crippen molar-refractivity contribution in [3.8, 4) is 5.75 Å². The van der Waals surface area contributed by atoms with Crippen LogP contribution in [0.15, 0.2) is 53.5 Å². The Morgan fingerprint density at radius 3 is 2.50 bits per heavy atom. The van der Waals surface area contributed by atoms with Crippen LogP contribution in [0.4, 0.5) is 8.78 Å². The van der Waals surface area contributed by atoms with Crippen molar-refractivity contribution < 1.29 is 13.5 Å². The standard InChI is InChI=1S/C17H19F2N3O.HI/c1-20-17(22-12-13-5-3-2-4-6-13)21-9-10-23-16-8-7-14(18)11-15(16)19;/h2-8,11H,9-10,12H2,1H3,(H2,20,21,22);1H. The van der Waals surface area contributed by atoms with Gasteiger partial charge >= 0.3 is 0 Å². The molecule has 0 heterocycles. The summed E-state index contributed by atoms with van der Waals surface area (Å²) in [4.78, 5) is 4.09. The fraction of sp³-hybridized carbons (Fsp3) is 0.235. The van der Waals surface area contributed by atoms with Crippen LogP contribution in [-0.2, 0) is 6.54 Å². The average Bonchev–Trinajstić information content (AvgIpc) is 2.57. The Labute approximate surface area is 157 Å². The minimum Gasteiger partial charge on any atom is -0.489 e. The van der Waals surface area contributed by atoms with Gasteiger partial charge in [-0.3, -0.25) is 4.99 Å². The maximum Gasteiger partial charge on any atom is 0.191 e. The number of nitrogens with zero attached hydrogens (tertiary/aromatic N) is 1. The molecule has 0 aliphatic rings. The molecule has 0 spiro atoms. The second-order valence-corrected chi connectivity index (χ2v) is 4.76. The predicted molar refractivity (Wildman–Crippen MR) is 102 cm³/mol. The lowest BCUT2D eigenvalue weighted by Gasteiger charge is -2.12. The van der Waals surface area contributed by atoms with Crippen LogP contribution in [-0.4, -0.2) is 26.2 Å². The molecular weight excluding hydrogens is 427 g/mol. The van der Waals surface area contributed by atoms with Crippen LogP contribution in [0.3, 0.4) is 0 Å². The Balaban J connectivity index is 0.00000288. The zero-order chi connectivity index (χ0) is 16.5. The molecule has 130 valence electrons. The van der Waals surface area contributed by atoms with E-state index >= 15 is 0 Å². The molecule has 0 aliphatic heterocycles. The highest BCUT2D eigenvalue weighted by molar-refractivity contribution is 14.0. The Morgan fingerprint density at radius 1 is 1.08 bits per heavy atom. The van der Waals surface area contributed by atoms with Crippen molar-refractivity contribution in [2.24, 2.45) is 4.99 Å². The fourth-order valence-corrected chi connectivity index (χ4v) is 1.92. The number of ether oxygens (including phenoxy) is 1. The monoisotopic (exact) mass is 447 g/mol. The Hall–Kier alpha value is -1.90. The molecule has 0 amide bonds. The van der Waals surface area contributed by atoms with Gasteiger partial charge in [-0.1, -0.05) is 30.3 Å². The van der Waals surface area contributed by atoms with Crippen molar-refractivity contribution in [1.82, 2.24) is 10.6 Å². The summed E-state index contributed by atoms with van der Waals surface area (Å²) in [6.07, 6.45) is 0. The fourth-order valence-electron chi connectivity index (χ4n) is 1.92. The second-order valence-electron chi connectivity index (χ2n) is 4.76. The van der Waals surface area contributed by atoms with Gasteiger partial charge in [-0.05, 0) is 17.7 Å². The maximum atomic E-state index is 13.4. The van der Waals surface area contributed by atoms with Crippen molar-refractivity contribution in [2.45, 2.75) is 6.54 Å². The largest absolute Gasteiger partial charge is 0.489 e. The quantitative estimate of drug-likeness (QED) is 0.309. The first-order chi connectivity index (χ1) is 11.2. The van der Waals surface area contributed by atoms with Crippen LogP contribution in [0.2, 0.25) is 0 Å². The summed E-state index contributed by atoms with van der Waals surface area (Å²) in [6.45, 7) is 1.31. The van der Waals surface area contributed by atoms with E-state index in [1.54, 1.807) is 7.05 Å². The lowest BCUT2D eigenvalue weighted by atomic mass is 10.2. The third-order valence-electron chi connectivity index (χ3n) is 3.07. The number of guanidine groups is 1. The highest BCUT2D eigenvalue weighted by Gasteiger charge is 2.04. The molecule has 0 fully saturated rings. The van der Waals surface area contributed by atoms with Crippen LogP contribution in [0.5, 0.6) is 5.75 Å². The summed E-state index contributed by atoms with van der Waals surface area (Å²) in [6, 6.07) is 13.2. The van der Waals surface area contributed by atoms with E-state index in [9.17, 15) is 8.78 Å². The Morgan fingerprint density at radius 2 is 1.83 bits per heavy atom. The van der Waals surface area contributed by atoms with Crippen molar-refractivity contribution in [3.05, 3.63) is 65.7 Å². The summed E-state index contributed by atoms with van der Waals surface area (Å²) in [5, 5.41) is 6.22. The van der Waals surface area contributed by atoms with E-state index in [-0.39, 0.29) is 36.3 Å². The molecule has 0 unspecified atom stereocenters. The Bertz CT molecular complexity index is 654. The van der Waals surface area contributed by atoms with Crippen molar-refractivity contribution in [1.29, 1.82) is 0 Å². The molecule has 0 saturated heterocycles. The maximum absolute atomic E-state index is 13.4. The van der Waals surface area contributed by atoms with Gasteiger partial charge in [0.05, 0.1) is 6.54 Å². The van der Waals surface area contributed by atoms with Crippen LogP contribution in [0.25, 0.3) is 0 Å². The SMILES string of the molecule is CN=C(NCCOc1ccc(F)cc1F)NCc1ccccc1.I. The number of halogens is 3. The summed E-state index contributed by atoms with van der Waals surface area (Å²) >= 11 is 0. The molecule has 0 aromatic heterocycles. The van der Waals surface area contributed by atoms with Crippen molar-refractivity contribution >= 4 is 29.9 Å². The van der Waals surface area contributed by atoms with Gasteiger partial charge in [0.2, 0.25) is 0 Å². The highest BCUT2D eigenvalue weighted by atomic mass is 127. The average molecular weight is 447 g/mol. The van der Waals surface area contributed by atoms with Gasteiger partial charge in [-0.15, -0.1) is 24.0 Å². The molecule has 4 nitrogen and oxygen atoms in total. The normalized spacial score (nSPS) is 10.7. The van der Waals surface area contributed by atoms with Gasteiger partial charge in [0.1, 0.15) is 12.4 Å². The second kappa shape index (κ2) is 10.8. The molecule has 2 rings (SSSR count). The van der Waals surface area contributed by atoms with Gasteiger partial charge in [0.25, 0.3) is 0 Å². The van der Waals surface area contributed by atoms with Gasteiger partial charge in [0, 0.05) is 19.7 Å². The zero-order valence-corrected chi connectivity index (χ0v) is 15.6. The minimum atomic E-state index is -0.711. The zero-order valence-electron chi connectivity index (χ0n) is 13.3. The van der Waals surface area contributed by atoms with Crippen LogP contribution in [0, 0.1) is 11.6 Å². The molecule has 2 N–H and O–H groups in total. The lowest BCUT2D eigenvalue weighted by molar-refractivity contribution is 0.304. The first-order valence-electron chi connectivity index (χ1n) is 7.25. The molecule has 7 heteroatoms. The molecular formula is C17H20F2IN3O. The van der Waals surface area contributed by atoms with E-state index < -0.39 is 11.6 Å². The van der Waals surface area contributed by atoms with E-state index in [1.165, 1.54) is 6.07 Å². The third-order valence-corrected chi connectivity index (χ3v) is 3.07. The lowest BCUT2D eigenvalue weighted by Crippen LogP contribution is -2.38. The minimum absolute atomic E-state index is 0. The first kappa shape index (κ1) is 20.1. The van der Waals surface area contributed by atoms with E-state index in [4.69, 9.17) is 4.74 Å². The predicted octanol–water partition coefficient (Wildman–Crippen LogP) is 3.33. The number of hydrogen-bond donors (Lipinski definition) is 2. The first-order valence-corrected chi connectivity index (χ1v) is 7.25. The molecule has 0 atom stereocenters. The highest BCUT2D eigenvalue weighted by Crippen LogP contribution is 2.17. The van der Waals surface area contributed by atoms with Gasteiger partial charge in [0.15, 0.2) is 17.5 Å². The van der Waals surface area contributed by atoms with Crippen LogP contribution < -0.4 is 15.4 Å². The Kier molecular flexibility index (Phi) is 9.06. The van der Waals surface area contributed by atoms with Crippen LogP contribution >= 0.6 is 24.0 Å². The van der Waals surface area contributed by atoms with E-state index in [0.29, 0.717) is 19.0 Å². The molecule has 0 bridgehead atoms. The van der Waals surface area contributed by atoms with Crippen molar-refractivity contribution in [3.63, 3.8) is 0 Å². The number of aliphatic imine (C=N–C) groups is 1. The number of rotatable bonds is 6. The summed E-state index contributed by atoms with van der Waals surface area (Å²) in [7, 11) is 1.67. The van der Waals surface area contributed by atoms with Gasteiger partial charge in [-0.25, -0.2) is 8.78 Å².